The molecule has 0 bridgehead atoms. The maximum absolute atomic E-state index is 12.5. The zero-order valence-corrected chi connectivity index (χ0v) is 8.05. The van der Waals surface area contributed by atoms with Crippen molar-refractivity contribution in [3.8, 4) is 0 Å². The van der Waals surface area contributed by atoms with Crippen LogP contribution in [0.3, 0.4) is 0 Å². The molecule has 0 aliphatic rings. The minimum atomic E-state index is -6.05. The highest BCUT2D eigenvalue weighted by Crippen LogP contribution is 2.57. The van der Waals surface area contributed by atoms with E-state index >= 15 is 0 Å². The van der Waals surface area contributed by atoms with Crippen LogP contribution in [-0.4, -0.2) is 21.8 Å². The molecule has 0 unspecified atom stereocenters. The normalized spacial score (nSPS) is 19.3. The van der Waals surface area contributed by atoms with Crippen molar-refractivity contribution < 1.29 is 30.7 Å². The Kier molecular flexibility index (Phi) is 3.54. The Morgan fingerprint density at radius 3 is 0.929 bits per heavy atom. The molecule has 0 saturated carbocycles. The van der Waals surface area contributed by atoms with E-state index in [0.29, 0.717) is 0 Å². The highest BCUT2D eigenvalue weighted by Gasteiger charge is 2.77. The molecule has 0 radical (unpaired) electrons. The smallest absolute Gasteiger partial charge is 0.212 e. The van der Waals surface area contributed by atoms with Crippen LogP contribution in [-0.2, 0) is 0 Å². The van der Waals surface area contributed by atoms with E-state index in [1.807, 2.05) is 0 Å². The molecule has 0 rings (SSSR count). The van der Waals surface area contributed by atoms with Crippen LogP contribution in [0.1, 0.15) is 0 Å². The molecule has 10 heteroatoms. The molecular weight excluding hydrogens is 287 g/mol. The Morgan fingerprint density at radius 2 is 0.857 bits per heavy atom. The molecule has 0 saturated heterocycles. The largest absolute Gasteiger partial charge is 0.440 e. The number of rotatable bonds is 1. The van der Waals surface area contributed by atoms with Crippen LogP contribution in [0, 0.1) is 0 Å². The first-order valence-corrected chi connectivity index (χ1v) is 3.77. The summed E-state index contributed by atoms with van der Waals surface area (Å²) in [6.07, 6.45) is -11.9. The highest BCUT2D eigenvalue weighted by molar-refractivity contribution is 6.54. The summed E-state index contributed by atoms with van der Waals surface area (Å²) in [5.74, 6) is 0. The molecule has 86 valence electrons. The molecule has 0 spiro atoms. The standard InChI is InChI=1S/C4Cl3F7/c5-1(6,3(9,10)11)2(7,8)4(12,13)14/t2-/m1/s1. The van der Waals surface area contributed by atoms with Crippen molar-refractivity contribution in [1.29, 1.82) is 0 Å². The lowest BCUT2D eigenvalue weighted by atomic mass is 10.2. The highest BCUT2D eigenvalue weighted by atomic mass is 35.5. The summed E-state index contributed by atoms with van der Waals surface area (Å²) >= 11 is 12.4. The minimum absolute atomic E-state index is 4.01. The second-order valence-electron chi connectivity index (χ2n) is 2.14. The van der Waals surface area contributed by atoms with Gasteiger partial charge in [0.25, 0.3) is 4.33 Å². The fourth-order valence-corrected chi connectivity index (χ4v) is 0.677. The maximum Gasteiger partial charge on any atom is 0.440 e. The molecule has 14 heavy (non-hydrogen) atoms. The van der Waals surface area contributed by atoms with E-state index < -0.39 is 21.8 Å². The van der Waals surface area contributed by atoms with Crippen molar-refractivity contribution in [3.05, 3.63) is 0 Å². The average molecular weight is 287 g/mol. The molecule has 0 aromatic carbocycles. The van der Waals surface area contributed by atoms with Gasteiger partial charge in [0.2, 0.25) is 0 Å². The lowest BCUT2D eigenvalue weighted by Gasteiger charge is -2.33. The Balaban J connectivity index is 5.30. The van der Waals surface area contributed by atoms with Crippen LogP contribution in [0.4, 0.5) is 30.7 Å². The van der Waals surface area contributed by atoms with Crippen LogP contribution in [0.25, 0.3) is 0 Å². The maximum atomic E-state index is 12.5. The third-order valence-electron chi connectivity index (χ3n) is 1.11. The van der Waals surface area contributed by atoms with E-state index in [-0.39, 0.29) is 0 Å². The van der Waals surface area contributed by atoms with Gasteiger partial charge in [-0.25, -0.2) is 4.39 Å². The summed E-state index contributed by atoms with van der Waals surface area (Å²) in [7, 11) is 0. The number of halogens is 10. The van der Waals surface area contributed by atoms with Gasteiger partial charge in [0, 0.05) is 0 Å². The molecule has 0 fully saturated rings. The monoisotopic (exact) mass is 286 g/mol. The van der Waals surface area contributed by atoms with Crippen LogP contribution in [0.5, 0.6) is 0 Å². The second kappa shape index (κ2) is 3.45. The van der Waals surface area contributed by atoms with Crippen molar-refractivity contribution in [2.24, 2.45) is 0 Å². The first-order valence-electron chi connectivity index (χ1n) is 2.64. The van der Waals surface area contributed by atoms with Crippen LogP contribution in [0.2, 0.25) is 0 Å². The number of alkyl halides is 10. The lowest BCUT2D eigenvalue weighted by Crippen LogP contribution is -2.57. The van der Waals surface area contributed by atoms with E-state index in [4.69, 9.17) is 0 Å². The van der Waals surface area contributed by atoms with Gasteiger partial charge in [-0.05, 0) is 0 Å². The molecule has 0 aliphatic carbocycles. The molecule has 1 atom stereocenters. The Labute approximate surface area is 87.9 Å². The van der Waals surface area contributed by atoms with Crippen LogP contribution in [0.15, 0.2) is 0 Å². The van der Waals surface area contributed by atoms with E-state index in [1.165, 1.54) is 0 Å². The first kappa shape index (κ1) is 14.4. The predicted molar refractivity (Wildman–Crippen MR) is 36.2 cm³/mol. The topological polar surface area (TPSA) is 0 Å². The van der Waals surface area contributed by atoms with Crippen molar-refractivity contribution in [1.82, 2.24) is 0 Å². The third-order valence-corrected chi connectivity index (χ3v) is 2.75. The SMILES string of the molecule is FC(F)(F)C(Cl)(Cl)[C@](F)(Cl)C(F)(F)F. The van der Waals surface area contributed by atoms with Gasteiger partial charge in [-0.1, -0.05) is 34.8 Å². The Morgan fingerprint density at radius 1 is 0.571 bits per heavy atom. The predicted octanol–water partition coefficient (Wildman–Crippen LogP) is 4.19. The van der Waals surface area contributed by atoms with E-state index in [2.05, 4.69) is 34.8 Å². The summed E-state index contributed by atoms with van der Waals surface area (Å²) in [6, 6.07) is 0. The molecule has 0 aromatic heterocycles. The van der Waals surface area contributed by atoms with Crippen LogP contribution < -0.4 is 0 Å². The number of hydrogen-bond donors (Lipinski definition) is 0. The molecule has 0 aliphatic heterocycles. The zero-order valence-electron chi connectivity index (χ0n) is 5.78. The van der Waals surface area contributed by atoms with Gasteiger partial charge in [0.1, 0.15) is 0 Å². The van der Waals surface area contributed by atoms with E-state index in [9.17, 15) is 30.7 Å². The minimum Gasteiger partial charge on any atom is -0.212 e. The summed E-state index contributed by atoms with van der Waals surface area (Å²) in [6.45, 7) is 0. The fourth-order valence-electron chi connectivity index (χ4n) is 0.356. The molecule has 0 nitrogen and oxygen atoms in total. The van der Waals surface area contributed by atoms with Crippen molar-refractivity contribution in [2.75, 3.05) is 0 Å². The molecule has 0 aromatic rings. The number of hydrogen-bond acceptors (Lipinski definition) is 0. The second-order valence-corrected chi connectivity index (χ2v) is 3.99. The van der Waals surface area contributed by atoms with E-state index in [0.717, 1.165) is 0 Å². The van der Waals surface area contributed by atoms with Crippen molar-refractivity contribution in [2.45, 2.75) is 21.8 Å². The Bertz CT molecular complexity index is 190. The summed E-state index contributed by atoms with van der Waals surface area (Å²) in [5.41, 5.74) is 0. The van der Waals surface area contributed by atoms with Gasteiger partial charge in [-0.15, -0.1) is 0 Å². The molecule has 0 amide bonds. The van der Waals surface area contributed by atoms with Gasteiger partial charge >= 0.3 is 17.5 Å². The summed E-state index contributed by atoms with van der Waals surface area (Å²) in [5, 5.41) is -5.30. The average Bonchev–Trinajstić information content (AvgIpc) is 1.81. The van der Waals surface area contributed by atoms with Gasteiger partial charge in [-0.3, -0.25) is 0 Å². The van der Waals surface area contributed by atoms with Crippen molar-refractivity contribution in [3.63, 3.8) is 0 Å². The first-order chi connectivity index (χ1) is 5.75. The van der Waals surface area contributed by atoms with E-state index in [1.54, 1.807) is 0 Å². The summed E-state index contributed by atoms with van der Waals surface area (Å²) < 4.78 is 78.1. The van der Waals surface area contributed by atoms with Crippen LogP contribution >= 0.6 is 34.8 Å². The third kappa shape index (κ3) is 2.14. The Hall–Kier alpha value is 0.380. The van der Waals surface area contributed by atoms with Gasteiger partial charge in [0.05, 0.1) is 0 Å². The fraction of sp³-hybridized carbons (Fsp3) is 1.00. The van der Waals surface area contributed by atoms with Crippen molar-refractivity contribution >= 4 is 34.8 Å². The van der Waals surface area contributed by atoms with Gasteiger partial charge in [0.15, 0.2) is 0 Å². The van der Waals surface area contributed by atoms with Gasteiger partial charge < -0.3 is 0 Å². The molecule has 0 heterocycles. The molecule has 0 N–H and O–H groups in total. The summed E-state index contributed by atoms with van der Waals surface area (Å²) in [4.78, 5) is 0. The zero-order chi connectivity index (χ0) is 12.0. The lowest BCUT2D eigenvalue weighted by molar-refractivity contribution is -0.244. The molecular formula is C4Cl3F7. The van der Waals surface area contributed by atoms with Gasteiger partial charge in [-0.2, -0.15) is 26.3 Å². The quantitative estimate of drug-likeness (QED) is 0.501.